The second-order valence-corrected chi connectivity index (χ2v) is 4.47. The second kappa shape index (κ2) is 7.30. The molecule has 2 N–H and O–H groups in total. The van der Waals surface area contributed by atoms with E-state index in [-0.39, 0.29) is 11.4 Å². The molecule has 3 heteroatoms. The molecule has 0 unspecified atom stereocenters. The van der Waals surface area contributed by atoms with Crippen molar-refractivity contribution in [3.05, 3.63) is 0 Å². The molecule has 0 saturated carbocycles. The minimum atomic E-state index is -0.134. The molecule has 0 aromatic carbocycles. The zero-order valence-electron chi connectivity index (χ0n) is 10.2. The molecule has 0 heterocycles. The predicted octanol–water partition coefficient (Wildman–Crippen LogP) is 1.29. The van der Waals surface area contributed by atoms with Crippen LogP contribution >= 0.6 is 0 Å². The van der Waals surface area contributed by atoms with E-state index in [1.165, 1.54) is 0 Å². The average molecular weight is 210 g/mol. The van der Waals surface area contributed by atoms with Crippen LogP contribution in [0.5, 0.6) is 0 Å². The molecule has 0 rings (SSSR count). The van der Waals surface area contributed by atoms with Crippen LogP contribution in [0.3, 0.4) is 0 Å². The Morgan fingerprint density at radius 3 is 2.47 bits per heavy atom. The van der Waals surface area contributed by atoms with Gasteiger partial charge in [0, 0.05) is 31.5 Å². The van der Waals surface area contributed by atoms with E-state index in [0.717, 1.165) is 13.0 Å². The van der Waals surface area contributed by atoms with Crippen molar-refractivity contribution in [3.63, 3.8) is 0 Å². The molecular formula is C12H22N2O. The second-order valence-electron chi connectivity index (χ2n) is 4.47. The number of carbonyl (C=O) groups excluding carboxylic acids is 1. The largest absolute Gasteiger partial charge is 0.351 e. The number of rotatable bonds is 5. The number of amides is 1. The fourth-order valence-electron chi connectivity index (χ4n) is 1.08. The Morgan fingerprint density at radius 1 is 1.27 bits per heavy atom. The Morgan fingerprint density at radius 2 is 1.93 bits per heavy atom. The van der Waals surface area contributed by atoms with Crippen LogP contribution in [-0.2, 0) is 4.79 Å². The van der Waals surface area contributed by atoms with Gasteiger partial charge in [-0.15, -0.1) is 11.8 Å². The van der Waals surface area contributed by atoms with Crippen LogP contribution in [0, 0.1) is 11.8 Å². The van der Waals surface area contributed by atoms with Crippen molar-refractivity contribution in [2.75, 3.05) is 13.1 Å². The lowest BCUT2D eigenvalue weighted by atomic mass is 10.1. The molecule has 0 atom stereocenters. The standard InChI is InChI=1S/C12H22N2O/c1-5-6-7-9-13-10-8-11(15)14-12(2,3)4/h13H,7-10H2,1-4H3,(H,14,15). The van der Waals surface area contributed by atoms with Crippen LogP contribution in [0.4, 0.5) is 0 Å². The molecule has 0 aliphatic rings. The number of carbonyl (C=O) groups is 1. The van der Waals surface area contributed by atoms with Crippen molar-refractivity contribution in [1.29, 1.82) is 0 Å². The Bertz CT molecular complexity index is 243. The summed E-state index contributed by atoms with van der Waals surface area (Å²) in [6.07, 6.45) is 1.37. The molecule has 0 radical (unpaired) electrons. The Labute approximate surface area is 93.0 Å². The van der Waals surface area contributed by atoms with E-state index in [4.69, 9.17) is 0 Å². The molecule has 3 nitrogen and oxygen atoms in total. The van der Waals surface area contributed by atoms with Crippen LogP contribution in [0.25, 0.3) is 0 Å². The molecule has 86 valence electrons. The average Bonchev–Trinajstić information content (AvgIpc) is 2.08. The summed E-state index contributed by atoms with van der Waals surface area (Å²) >= 11 is 0. The van der Waals surface area contributed by atoms with Gasteiger partial charge in [-0.3, -0.25) is 4.79 Å². The minimum absolute atomic E-state index is 0.0941. The summed E-state index contributed by atoms with van der Waals surface area (Å²) < 4.78 is 0. The highest BCUT2D eigenvalue weighted by molar-refractivity contribution is 5.76. The van der Waals surface area contributed by atoms with Gasteiger partial charge in [-0.2, -0.15) is 0 Å². The van der Waals surface area contributed by atoms with E-state index in [1.807, 2.05) is 27.7 Å². The summed E-state index contributed by atoms with van der Waals surface area (Å²) in [4.78, 5) is 11.4. The third kappa shape index (κ3) is 10.9. The van der Waals surface area contributed by atoms with Gasteiger partial charge in [-0.05, 0) is 27.7 Å². The van der Waals surface area contributed by atoms with Gasteiger partial charge in [0.1, 0.15) is 0 Å². The lowest BCUT2D eigenvalue weighted by molar-refractivity contribution is -0.122. The van der Waals surface area contributed by atoms with Crippen LogP contribution in [0.1, 0.15) is 40.5 Å². The lowest BCUT2D eigenvalue weighted by Gasteiger charge is -2.20. The molecule has 0 aliphatic carbocycles. The van der Waals surface area contributed by atoms with E-state index in [9.17, 15) is 4.79 Å². The lowest BCUT2D eigenvalue weighted by Crippen LogP contribution is -2.41. The summed E-state index contributed by atoms with van der Waals surface area (Å²) in [5, 5.41) is 6.09. The van der Waals surface area contributed by atoms with Gasteiger partial charge in [0.25, 0.3) is 0 Å². The maximum Gasteiger partial charge on any atom is 0.221 e. The first-order valence-electron chi connectivity index (χ1n) is 5.37. The molecule has 1 amide bonds. The van der Waals surface area contributed by atoms with Gasteiger partial charge < -0.3 is 10.6 Å². The van der Waals surface area contributed by atoms with Gasteiger partial charge in [0.05, 0.1) is 0 Å². The third-order valence-electron chi connectivity index (χ3n) is 1.65. The molecule has 0 bridgehead atoms. The Kier molecular flexibility index (Phi) is 6.81. The zero-order chi connectivity index (χ0) is 11.7. The fourth-order valence-corrected chi connectivity index (χ4v) is 1.08. The predicted molar refractivity (Wildman–Crippen MR) is 63.4 cm³/mol. The highest BCUT2D eigenvalue weighted by Crippen LogP contribution is 1.98. The SMILES string of the molecule is CC#CCCNCCC(=O)NC(C)(C)C. The molecule has 0 saturated heterocycles. The van der Waals surface area contributed by atoms with E-state index < -0.39 is 0 Å². The summed E-state index contributed by atoms with van der Waals surface area (Å²) in [5.41, 5.74) is -0.134. The monoisotopic (exact) mass is 210 g/mol. The summed E-state index contributed by atoms with van der Waals surface area (Å²) in [6, 6.07) is 0. The van der Waals surface area contributed by atoms with Gasteiger partial charge >= 0.3 is 0 Å². The van der Waals surface area contributed by atoms with Gasteiger partial charge in [0.2, 0.25) is 5.91 Å². The van der Waals surface area contributed by atoms with Crippen molar-refractivity contribution in [3.8, 4) is 11.8 Å². The molecule has 15 heavy (non-hydrogen) atoms. The van der Waals surface area contributed by atoms with E-state index >= 15 is 0 Å². The van der Waals surface area contributed by atoms with Crippen LogP contribution in [-0.4, -0.2) is 24.5 Å². The van der Waals surface area contributed by atoms with E-state index in [0.29, 0.717) is 13.0 Å². The zero-order valence-corrected chi connectivity index (χ0v) is 10.2. The number of nitrogens with one attached hydrogen (secondary N) is 2. The molecule has 0 aromatic rings. The quantitative estimate of drug-likeness (QED) is 0.530. The Hall–Kier alpha value is -1.01. The fraction of sp³-hybridized carbons (Fsp3) is 0.750. The van der Waals surface area contributed by atoms with Crippen molar-refractivity contribution in [1.82, 2.24) is 10.6 Å². The van der Waals surface area contributed by atoms with Crippen molar-refractivity contribution in [2.24, 2.45) is 0 Å². The minimum Gasteiger partial charge on any atom is -0.351 e. The summed E-state index contributed by atoms with van der Waals surface area (Å²) in [7, 11) is 0. The van der Waals surface area contributed by atoms with Crippen molar-refractivity contribution < 1.29 is 4.79 Å². The summed E-state index contributed by atoms with van der Waals surface area (Å²) in [6.45, 7) is 9.34. The molecule has 0 aliphatic heterocycles. The van der Waals surface area contributed by atoms with E-state index in [2.05, 4.69) is 22.5 Å². The Balaban J connectivity index is 3.42. The first kappa shape index (κ1) is 14.0. The van der Waals surface area contributed by atoms with Crippen LogP contribution < -0.4 is 10.6 Å². The van der Waals surface area contributed by atoms with Crippen LogP contribution in [0.15, 0.2) is 0 Å². The maximum atomic E-state index is 11.4. The molecule has 0 spiro atoms. The first-order valence-corrected chi connectivity index (χ1v) is 5.37. The third-order valence-corrected chi connectivity index (χ3v) is 1.65. The molecule has 0 fully saturated rings. The van der Waals surface area contributed by atoms with E-state index in [1.54, 1.807) is 0 Å². The highest BCUT2D eigenvalue weighted by Gasteiger charge is 2.12. The van der Waals surface area contributed by atoms with Crippen molar-refractivity contribution >= 4 is 5.91 Å². The van der Waals surface area contributed by atoms with Gasteiger partial charge in [-0.25, -0.2) is 0 Å². The molecule has 0 aromatic heterocycles. The summed E-state index contributed by atoms with van der Waals surface area (Å²) in [5.74, 6) is 5.88. The van der Waals surface area contributed by atoms with Gasteiger partial charge in [-0.1, -0.05) is 0 Å². The number of hydrogen-bond donors (Lipinski definition) is 2. The maximum absolute atomic E-state index is 11.4. The molecular weight excluding hydrogens is 188 g/mol. The van der Waals surface area contributed by atoms with Crippen LogP contribution in [0.2, 0.25) is 0 Å². The van der Waals surface area contributed by atoms with Crippen molar-refractivity contribution in [2.45, 2.75) is 46.1 Å². The number of hydrogen-bond acceptors (Lipinski definition) is 2. The van der Waals surface area contributed by atoms with Gasteiger partial charge in [0.15, 0.2) is 0 Å². The first-order chi connectivity index (χ1) is 6.95. The smallest absolute Gasteiger partial charge is 0.221 e. The topological polar surface area (TPSA) is 41.1 Å². The normalized spacial score (nSPS) is 10.4. The highest BCUT2D eigenvalue weighted by atomic mass is 16.1.